The number of benzene rings is 1. The normalized spacial score (nSPS) is 18.1. The molecule has 1 aromatic carbocycles. The summed E-state index contributed by atoms with van der Waals surface area (Å²) in [6, 6.07) is 4.52. The molecule has 0 bridgehead atoms. The van der Waals surface area contributed by atoms with Crippen molar-refractivity contribution in [2.45, 2.75) is 18.3 Å². The van der Waals surface area contributed by atoms with Crippen molar-refractivity contribution in [1.29, 1.82) is 0 Å². The van der Waals surface area contributed by atoms with Crippen LogP contribution in [0.15, 0.2) is 43.0 Å². The van der Waals surface area contributed by atoms with Crippen LogP contribution in [-0.2, 0) is 4.74 Å². The summed E-state index contributed by atoms with van der Waals surface area (Å²) in [7, 11) is 1.52. The maximum atomic E-state index is 14.0. The maximum Gasteiger partial charge on any atom is 0.200 e. The Morgan fingerprint density at radius 2 is 1.61 bits per heavy atom. The minimum absolute atomic E-state index is 0.0716. The van der Waals surface area contributed by atoms with Gasteiger partial charge in [-0.3, -0.25) is 0 Å². The molecular formula is C20H18F2N4O2. The summed E-state index contributed by atoms with van der Waals surface area (Å²) in [5.74, 6) is -0.852. The quantitative estimate of drug-likeness (QED) is 0.581. The fourth-order valence-electron chi connectivity index (χ4n) is 3.13. The number of ether oxygens (including phenoxy) is 2. The lowest BCUT2D eigenvalue weighted by molar-refractivity contribution is 0.143. The number of aromatic nitrogens is 4. The van der Waals surface area contributed by atoms with Gasteiger partial charge >= 0.3 is 0 Å². The molecule has 6 nitrogen and oxygen atoms in total. The average molecular weight is 384 g/mol. The summed E-state index contributed by atoms with van der Waals surface area (Å²) in [6.45, 7) is 0.452. The molecule has 0 spiro atoms. The van der Waals surface area contributed by atoms with Crippen LogP contribution < -0.4 is 4.74 Å². The SMILES string of the molecule is COCCOc1cc([C@@H]2C[C@H]2c2cnc(-c3ncccn3)nc2)cc(F)c1F. The molecule has 8 heteroatoms. The van der Waals surface area contributed by atoms with Gasteiger partial charge in [0.1, 0.15) is 6.61 Å². The molecule has 0 saturated heterocycles. The second kappa shape index (κ2) is 7.93. The van der Waals surface area contributed by atoms with Gasteiger partial charge in [-0.1, -0.05) is 0 Å². The molecule has 0 aliphatic heterocycles. The summed E-state index contributed by atoms with van der Waals surface area (Å²) >= 11 is 0. The summed E-state index contributed by atoms with van der Waals surface area (Å²) in [4.78, 5) is 16.9. The van der Waals surface area contributed by atoms with E-state index in [0.717, 1.165) is 12.0 Å². The molecule has 1 aliphatic rings. The third-order valence-corrected chi connectivity index (χ3v) is 4.65. The number of hydrogen-bond donors (Lipinski definition) is 0. The van der Waals surface area contributed by atoms with Crippen molar-refractivity contribution >= 4 is 0 Å². The number of methoxy groups -OCH3 is 1. The smallest absolute Gasteiger partial charge is 0.200 e. The van der Waals surface area contributed by atoms with Crippen molar-refractivity contribution in [2.75, 3.05) is 20.3 Å². The van der Waals surface area contributed by atoms with Gasteiger partial charge in [-0.15, -0.1) is 0 Å². The number of rotatable bonds is 7. The summed E-state index contributed by atoms with van der Waals surface area (Å²) in [5, 5.41) is 0. The topological polar surface area (TPSA) is 70.0 Å². The Morgan fingerprint density at radius 3 is 2.32 bits per heavy atom. The molecule has 144 valence electrons. The molecule has 28 heavy (non-hydrogen) atoms. The monoisotopic (exact) mass is 384 g/mol. The fraction of sp³-hybridized carbons (Fsp3) is 0.300. The largest absolute Gasteiger partial charge is 0.488 e. The first kappa shape index (κ1) is 18.4. The van der Waals surface area contributed by atoms with E-state index in [1.54, 1.807) is 36.9 Å². The molecule has 0 amide bonds. The van der Waals surface area contributed by atoms with Crippen LogP contribution in [0, 0.1) is 11.6 Å². The van der Waals surface area contributed by atoms with Gasteiger partial charge in [-0.2, -0.15) is 4.39 Å². The van der Waals surface area contributed by atoms with Gasteiger partial charge in [-0.25, -0.2) is 24.3 Å². The predicted molar refractivity (Wildman–Crippen MR) is 96.9 cm³/mol. The summed E-state index contributed by atoms with van der Waals surface area (Å²) < 4.78 is 38.1. The minimum atomic E-state index is -0.979. The second-order valence-electron chi connectivity index (χ2n) is 6.52. The van der Waals surface area contributed by atoms with E-state index in [4.69, 9.17) is 9.47 Å². The Labute approximate surface area is 160 Å². The van der Waals surface area contributed by atoms with Crippen LogP contribution in [-0.4, -0.2) is 40.3 Å². The van der Waals surface area contributed by atoms with Crippen LogP contribution in [0.4, 0.5) is 8.78 Å². The van der Waals surface area contributed by atoms with E-state index in [2.05, 4.69) is 19.9 Å². The zero-order valence-electron chi connectivity index (χ0n) is 15.2. The van der Waals surface area contributed by atoms with Gasteiger partial charge in [0.25, 0.3) is 0 Å². The Kier molecular flexibility index (Phi) is 5.21. The van der Waals surface area contributed by atoms with E-state index in [0.29, 0.717) is 23.8 Å². The van der Waals surface area contributed by atoms with E-state index in [1.807, 2.05) is 0 Å². The van der Waals surface area contributed by atoms with Gasteiger partial charge in [0.05, 0.1) is 6.61 Å². The van der Waals surface area contributed by atoms with Crippen LogP contribution >= 0.6 is 0 Å². The predicted octanol–water partition coefficient (Wildman–Crippen LogP) is 3.51. The zero-order chi connectivity index (χ0) is 19.5. The van der Waals surface area contributed by atoms with E-state index < -0.39 is 11.6 Å². The van der Waals surface area contributed by atoms with Gasteiger partial charge in [-0.05, 0) is 47.6 Å². The van der Waals surface area contributed by atoms with Gasteiger partial charge in [0, 0.05) is 31.9 Å². The third kappa shape index (κ3) is 3.82. The first-order chi connectivity index (χ1) is 13.7. The van der Waals surface area contributed by atoms with Crippen LogP contribution in [0.3, 0.4) is 0 Å². The Balaban J connectivity index is 1.49. The second-order valence-corrected chi connectivity index (χ2v) is 6.52. The highest BCUT2D eigenvalue weighted by atomic mass is 19.2. The molecule has 0 unspecified atom stereocenters. The standard InChI is InChI=1S/C20H18F2N4O2/c1-27-5-6-28-17-8-12(7-16(21)18(17)22)14-9-15(14)13-10-25-20(26-11-13)19-23-3-2-4-24-19/h2-4,7-8,10-11,14-15H,5-6,9H2,1H3/t14-,15-/m0/s1. The fourth-order valence-corrected chi connectivity index (χ4v) is 3.13. The zero-order valence-corrected chi connectivity index (χ0v) is 15.2. The molecule has 0 radical (unpaired) electrons. The van der Waals surface area contributed by atoms with Gasteiger partial charge in [0.15, 0.2) is 23.2 Å². The molecule has 2 heterocycles. The first-order valence-corrected chi connectivity index (χ1v) is 8.87. The van der Waals surface area contributed by atoms with Crippen molar-refractivity contribution < 1.29 is 18.3 Å². The molecule has 1 aliphatic carbocycles. The lowest BCUT2D eigenvalue weighted by Gasteiger charge is -2.10. The van der Waals surface area contributed by atoms with Crippen molar-refractivity contribution in [3.8, 4) is 17.4 Å². The lowest BCUT2D eigenvalue weighted by atomic mass is 10.1. The highest BCUT2D eigenvalue weighted by Gasteiger charge is 2.40. The van der Waals surface area contributed by atoms with Crippen molar-refractivity contribution in [3.63, 3.8) is 0 Å². The Hall–Kier alpha value is -3.00. The van der Waals surface area contributed by atoms with Crippen molar-refractivity contribution in [3.05, 3.63) is 65.7 Å². The molecule has 3 aromatic rings. The lowest BCUT2D eigenvalue weighted by Crippen LogP contribution is -2.06. The van der Waals surface area contributed by atoms with Gasteiger partial charge < -0.3 is 9.47 Å². The molecule has 1 fully saturated rings. The van der Waals surface area contributed by atoms with Gasteiger partial charge in [0.2, 0.25) is 5.82 Å². The number of halogens is 2. The van der Waals surface area contributed by atoms with E-state index in [-0.39, 0.29) is 24.2 Å². The number of hydrogen-bond acceptors (Lipinski definition) is 6. The molecule has 1 saturated carbocycles. The summed E-state index contributed by atoms with van der Waals surface area (Å²) in [6.07, 6.45) is 7.55. The van der Waals surface area contributed by atoms with Crippen LogP contribution in [0.1, 0.15) is 29.4 Å². The highest BCUT2D eigenvalue weighted by Crippen LogP contribution is 2.55. The van der Waals surface area contributed by atoms with Crippen LogP contribution in [0.2, 0.25) is 0 Å². The van der Waals surface area contributed by atoms with Crippen molar-refractivity contribution in [1.82, 2.24) is 19.9 Å². The Morgan fingerprint density at radius 1 is 0.929 bits per heavy atom. The number of nitrogens with zero attached hydrogens (tertiary/aromatic N) is 4. The molecule has 4 rings (SSSR count). The molecular weight excluding hydrogens is 366 g/mol. The van der Waals surface area contributed by atoms with Crippen molar-refractivity contribution in [2.24, 2.45) is 0 Å². The molecule has 2 aromatic heterocycles. The van der Waals surface area contributed by atoms with E-state index in [1.165, 1.54) is 13.2 Å². The van der Waals surface area contributed by atoms with E-state index in [9.17, 15) is 8.78 Å². The first-order valence-electron chi connectivity index (χ1n) is 8.87. The van der Waals surface area contributed by atoms with Crippen LogP contribution in [0.5, 0.6) is 5.75 Å². The molecule has 2 atom stereocenters. The highest BCUT2D eigenvalue weighted by molar-refractivity contribution is 5.44. The third-order valence-electron chi connectivity index (χ3n) is 4.65. The van der Waals surface area contributed by atoms with Crippen LogP contribution in [0.25, 0.3) is 11.6 Å². The average Bonchev–Trinajstić information content (AvgIpc) is 3.53. The Bertz CT molecular complexity index is 954. The maximum absolute atomic E-state index is 14.0. The summed E-state index contributed by atoms with van der Waals surface area (Å²) in [5.41, 5.74) is 1.64. The molecule has 0 N–H and O–H groups in total. The van der Waals surface area contributed by atoms with E-state index >= 15 is 0 Å². The minimum Gasteiger partial charge on any atom is -0.488 e.